The van der Waals surface area contributed by atoms with Gasteiger partial charge in [0, 0.05) is 30.8 Å². The van der Waals surface area contributed by atoms with Crippen molar-refractivity contribution in [2.24, 2.45) is 0 Å². The molecular weight excluding hydrogens is 292 g/mol. The van der Waals surface area contributed by atoms with Crippen LogP contribution in [-0.4, -0.2) is 49.2 Å². The Hall–Kier alpha value is -2.28. The molecule has 0 aliphatic carbocycles. The molecule has 1 aliphatic rings. The van der Waals surface area contributed by atoms with E-state index in [-0.39, 0.29) is 11.9 Å². The van der Waals surface area contributed by atoms with Gasteiger partial charge in [0.15, 0.2) is 0 Å². The van der Waals surface area contributed by atoms with Gasteiger partial charge in [0.1, 0.15) is 0 Å². The third-order valence-electron chi connectivity index (χ3n) is 4.31. The van der Waals surface area contributed by atoms with Crippen LogP contribution in [0.5, 0.6) is 0 Å². The summed E-state index contributed by atoms with van der Waals surface area (Å²) in [6, 6.07) is 3.75. The number of amides is 1. The van der Waals surface area contributed by atoms with Crippen LogP contribution >= 0.6 is 0 Å². The number of anilines is 1. The summed E-state index contributed by atoms with van der Waals surface area (Å²) in [5, 5.41) is 7.08. The van der Waals surface area contributed by atoms with Crippen molar-refractivity contribution in [3.8, 4) is 0 Å². The smallest absolute Gasteiger partial charge is 0.243 e. The number of carbonyl (C=O) groups is 1. The molecular formula is C16H22N6O. The summed E-state index contributed by atoms with van der Waals surface area (Å²) in [4.78, 5) is 22.9. The quantitative estimate of drug-likeness (QED) is 0.906. The van der Waals surface area contributed by atoms with Gasteiger partial charge in [-0.3, -0.25) is 19.7 Å². The van der Waals surface area contributed by atoms with Crippen LogP contribution in [0.1, 0.15) is 26.2 Å². The Bertz CT molecular complexity index is 615. The van der Waals surface area contributed by atoms with E-state index in [4.69, 9.17) is 0 Å². The molecule has 1 aliphatic heterocycles. The third kappa shape index (κ3) is 3.92. The Morgan fingerprint density at radius 3 is 2.87 bits per heavy atom. The monoisotopic (exact) mass is 314 g/mol. The molecule has 0 aromatic carbocycles. The van der Waals surface area contributed by atoms with Crippen LogP contribution in [0.25, 0.3) is 0 Å². The van der Waals surface area contributed by atoms with Crippen molar-refractivity contribution < 1.29 is 4.79 Å². The lowest BCUT2D eigenvalue weighted by molar-refractivity contribution is -0.122. The van der Waals surface area contributed by atoms with Crippen molar-refractivity contribution in [1.29, 1.82) is 0 Å². The second kappa shape index (κ2) is 7.32. The molecule has 1 fully saturated rings. The zero-order valence-corrected chi connectivity index (χ0v) is 13.3. The Morgan fingerprint density at radius 1 is 1.30 bits per heavy atom. The number of piperidine rings is 1. The maximum Gasteiger partial charge on any atom is 0.243 e. The normalized spacial score (nSPS) is 20.1. The molecule has 0 bridgehead atoms. The summed E-state index contributed by atoms with van der Waals surface area (Å²) in [6.07, 6.45) is 10.4. The summed E-state index contributed by atoms with van der Waals surface area (Å²) in [6.45, 7) is 3.68. The van der Waals surface area contributed by atoms with Crippen LogP contribution in [0.3, 0.4) is 0 Å². The minimum Gasteiger partial charge on any atom is -0.293 e. The van der Waals surface area contributed by atoms with Crippen molar-refractivity contribution in [2.75, 3.05) is 11.9 Å². The van der Waals surface area contributed by atoms with E-state index in [1.165, 1.54) is 6.42 Å². The summed E-state index contributed by atoms with van der Waals surface area (Å²) in [5.41, 5.74) is 0. The lowest BCUT2D eigenvalue weighted by Gasteiger charge is -2.39. The van der Waals surface area contributed by atoms with Gasteiger partial charge in [-0.15, -0.1) is 0 Å². The van der Waals surface area contributed by atoms with Crippen molar-refractivity contribution in [2.45, 2.75) is 44.8 Å². The molecule has 122 valence electrons. The fourth-order valence-electron chi connectivity index (χ4n) is 3.08. The molecule has 1 N–H and O–H groups in total. The van der Waals surface area contributed by atoms with Gasteiger partial charge in [-0.25, -0.2) is 9.97 Å². The molecule has 3 rings (SSSR count). The predicted molar refractivity (Wildman–Crippen MR) is 86.7 cm³/mol. The SMILES string of the molecule is C[C@H](C(=O)Nc1ncccn1)N1CCCC[C@H]1Cn1cccn1. The fourth-order valence-corrected chi connectivity index (χ4v) is 3.08. The summed E-state index contributed by atoms with van der Waals surface area (Å²) in [7, 11) is 0. The minimum atomic E-state index is -0.223. The molecule has 7 nitrogen and oxygen atoms in total. The molecule has 1 saturated heterocycles. The second-order valence-corrected chi connectivity index (χ2v) is 5.85. The van der Waals surface area contributed by atoms with Gasteiger partial charge in [-0.05, 0) is 38.4 Å². The topological polar surface area (TPSA) is 75.9 Å². The van der Waals surface area contributed by atoms with Crippen molar-refractivity contribution in [3.05, 3.63) is 36.9 Å². The molecule has 23 heavy (non-hydrogen) atoms. The number of nitrogens with zero attached hydrogens (tertiary/aromatic N) is 5. The summed E-state index contributed by atoms with van der Waals surface area (Å²) >= 11 is 0. The van der Waals surface area contributed by atoms with E-state index in [0.717, 1.165) is 25.9 Å². The van der Waals surface area contributed by atoms with Gasteiger partial charge >= 0.3 is 0 Å². The first-order valence-electron chi connectivity index (χ1n) is 8.05. The van der Waals surface area contributed by atoms with Crippen LogP contribution in [0, 0.1) is 0 Å². The number of hydrogen-bond acceptors (Lipinski definition) is 5. The van der Waals surface area contributed by atoms with E-state index in [2.05, 4.69) is 25.3 Å². The summed E-state index contributed by atoms with van der Waals surface area (Å²) < 4.78 is 1.94. The van der Waals surface area contributed by atoms with E-state index in [1.807, 2.05) is 23.9 Å². The predicted octanol–water partition coefficient (Wildman–Crippen LogP) is 1.55. The Morgan fingerprint density at radius 2 is 2.13 bits per heavy atom. The van der Waals surface area contributed by atoms with E-state index in [0.29, 0.717) is 12.0 Å². The van der Waals surface area contributed by atoms with E-state index in [1.54, 1.807) is 24.7 Å². The van der Waals surface area contributed by atoms with Crippen LogP contribution in [0.15, 0.2) is 36.9 Å². The first-order valence-corrected chi connectivity index (χ1v) is 8.05. The Labute approximate surface area is 135 Å². The van der Waals surface area contributed by atoms with Crippen LogP contribution < -0.4 is 5.32 Å². The van der Waals surface area contributed by atoms with Gasteiger partial charge < -0.3 is 0 Å². The van der Waals surface area contributed by atoms with Crippen molar-refractivity contribution in [3.63, 3.8) is 0 Å². The first kappa shape index (κ1) is 15.6. The molecule has 1 amide bonds. The van der Waals surface area contributed by atoms with Crippen LogP contribution in [0.2, 0.25) is 0 Å². The first-order chi connectivity index (χ1) is 11.2. The molecule has 3 heterocycles. The average Bonchev–Trinajstić information content (AvgIpc) is 3.09. The van der Waals surface area contributed by atoms with Gasteiger partial charge in [0.25, 0.3) is 0 Å². The number of likely N-dealkylation sites (tertiary alicyclic amines) is 1. The highest BCUT2D eigenvalue weighted by molar-refractivity contribution is 5.93. The van der Waals surface area contributed by atoms with E-state index in [9.17, 15) is 4.79 Å². The molecule has 0 radical (unpaired) electrons. The largest absolute Gasteiger partial charge is 0.293 e. The lowest BCUT2D eigenvalue weighted by atomic mass is 9.99. The maximum atomic E-state index is 12.5. The molecule has 2 aromatic heterocycles. The third-order valence-corrected chi connectivity index (χ3v) is 4.31. The molecule has 0 spiro atoms. The summed E-state index contributed by atoms with van der Waals surface area (Å²) in [5.74, 6) is 0.286. The number of hydrogen-bond donors (Lipinski definition) is 1. The van der Waals surface area contributed by atoms with Crippen LogP contribution in [-0.2, 0) is 11.3 Å². The van der Waals surface area contributed by atoms with Gasteiger partial charge in [0.2, 0.25) is 11.9 Å². The molecule has 2 aromatic rings. The van der Waals surface area contributed by atoms with E-state index >= 15 is 0 Å². The number of aromatic nitrogens is 4. The molecule has 0 unspecified atom stereocenters. The molecule has 0 saturated carbocycles. The highest BCUT2D eigenvalue weighted by Crippen LogP contribution is 2.21. The van der Waals surface area contributed by atoms with Crippen molar-refractivity contribution >= 4 is 11.9 Å². The molecule has 7 heteroatoms. The average molecular weight is 314 g/mol. The van der Waals surface area contributed by atoms with Gasteiger partial charge in [-0.2, -0.15) is 5.10 Å². The second-order valence-electron chi connectivity index (χ2n) is 5.85. The number of nitrogens with one attached hydrogen (secondary N) is 1. The van der Waals surface area contributed by atoms with E-state index < -0.39 is 0 Å². The lowest BCUT2D eigenvalue weighted by Crippen LogP contribution is -2.51. The highest BCUT2D eigenvalue weighted by Gasteiger charge is 2.30. The zero-order chi connectivity index (χ0) is 16.1. The van der Waals surface area contributed by atoms with Crippen molar-refractivity contribution in [1.82, 2.24) is 24.6 Å². The maximum absolute atomic E-state index is 12.5. The van der Waals surface area contributed by atoms with Crippen LogP contribution in [0.4, 0.5) is 5.95 Å². The standard InChI is InChI=1S/C16H22N6O/c1-13(15(23)20-16-17-7-4-8-18-16)22-11-3-2-6-14(22)12-21-10-5-9-19-21/h4-5,7-10,13-14H,2-3,6,11-12H2,1H3,(H,17,18,20,23)/t13-,14+/m1/s1. The Kier molecular flexibility index (Phi) is 4.97. The number of carbonyl (C=O) groups excluding carboxylic acids is 1. The van der Waals surface area contributed by atoms with Gasteiger partial charge in [0.05, 0.1) is 12.6 Å². The fraction of sp³-hybridized carbons (Fsp3) is 0.500. The zero-order valence-electron chi connectivity index (χ0n) is 13.3. The minimum absolute atomic E-state index is 0.0661. The highest BCUT2D eigenvalue weighted by atomic mass is 16.2. The molecule has 2 atom stereocenters. The number of rotatable bonds is 5. The Balaban J connectivity index is 1.65. The van der Waals surface area contributed by atoms with Gasteiger partial charge in [-0.1, -0.05) is 6.42 Å².